The second-order valence-corrected chi connectivity index (χ2v) is 8.33. The van der Waals surface area contributed by atoms with Gasteiger partial charge in [0.15, 0.2) is 23.0 Å². The van der Waals surface area contributed by atoms with Gasteiger partial charge >= 0.3 is 0 Å². The van der Waals surface area contributed by atoms with Crippen LogP contribution in [0.4, 0.5) is 0 Å². The fourth-order valence-electron chi connectivity index (χ4n) is 4.23. The molecule has 1 saturated heterocycles. The van der Waals surface area contributed by atoms with Gasteiger partial charge in [-0.15, -0.1) is 0 Å². The summed E-state index contributed by atoms with van der Waals surface area (Å²) in [6.07, 6.45) is -6.64. The first-order valence-electron chi connectivity index (χ1n) is 11.3. The highest BCUT2D eigenvalue weighted by Gasteiger charge is 2.45. The van der Waals surface area contributed by atoms with E-state index in [0.29, 0.717) is 17.1 Å². The summed E-state index contributed by atoms with van der Waals surface area (Å²) < 4.78 is 37.9. The molecule has 206 valence electrons. The second kappa shape index (κ2) is 10.9. The van der Waals surface area contributed by atoms with Gasteiger partial charge in [-0.3, -0.25) is 4.79 Å². The first-order valence-corrected chi connectivity index (χ1v) is 11.3. The van der Waals surface area contributed by atoms with Crippen molar-refractivity contribution in [2.24, 2.45) is 0 Å². The summed E-state index contributed by atoms with van der Waals surface area (Å²) >= 11 is 0. The lowest BCUT2D eigenvalue weighted by Gasteiger charge is -2.39. The Labute approximate surface area is 215 Å². The van der Waals surface area contributed by atoms with Crippen LogP contribution in [0.5, 0.6) is 34.5 Å². The molecule has 5 atom stereocenters. The Morgan fingerprint density at radius 2 is 1.47 bits per heavy atom. The third-order valence-corrected chi connectivity index (χ3v) is 6.25. The Kier molecular flexibility index (Phi) is 7.85. The Morgan fingerprint density at radius 3 is 2.08 bits per heavy atom. The maximum atomic E-state index is 13.6. The van der Waals surface area contributed by atoms with E-state index in [1.54, 1.807) is 0 Å². The van der Waals surface area contributed by atoms with Crippen LogP contribution in [0, 0.1) is 0 Å². The number of aliphatic hydroxyl groups excluding tert-OH is 4. The highest BCUT2D eigenvalue weighted by Crippen LogP contribution is 2.44. The predicted molar refractivity (Wildman–Crippen MR) is 130 cm³/mol. The van der Waals surface area contributed by atoms with E-state index in [4.69, 9.17) is 32.8 Å². The van der Waals surface area contributed by atoms with Crippen molar-refractivity contribution in [3.8, 4) is 45.6 Å². The first kappa shape index (κ1) is 27.3. The van der Waals surface area contributed by atoms with Crippen LogP contribution < -0.4 is 29.1 Å². The molecule has 13 heteroatoms. The zero-order chi connectivity index (χ0) is 27.7. The molecule has 0 amide bonds. The van der Waals surface area contributed by atoms with Gasteiger partial charge in [0.1, 0.15) is 47.4 Å². The summed E-state index contributed by atoms with van der Waals surface area (Å²) in [5, 5.41) is 50.5. The minimum absolute atomic E-state index is 0.0373. The summed E-state index contributed by atoms with van der Waals surface area (Å²) in [5.74, 6) is -0.145. The molecule has 0 aliphatic carbocycles. The lowest BCUT2D eigenvalue weighted by molar-refractivity contribution is -0.277. The predicted octanol–water partition coefficient (Wildman–Crippen LogP) is 0.379. The fourth-order valence-corrected chi connectivity index (χ4v) is 4.23. The van der Waals surface area contributed by atoms with Gasteiger partial charge < -0.3 is 58.4 Å². The average Bonchev–Trinajstić information content (AvgIpc) is 2.92. The summed E-state index contributed by atoms with van der Waals surface area (Å²) in [5.41, 5.74) is -0.390. The molecule has 4 rings (SSSR count). The summed E-state index contributed by atoms with van der Waals surface area (Å²) in [6.45, 7) is -0.665. The van der Waals surface area contributed by atoms with Crippen LogP contribution >= 0.6 is 0 Å². The molecule has 0 spiro atoms. The molecule has 0 bridgehead atoms. The average molecular weight is 536 g/mol. The van der Waals surface area contributed by atoms with E-state index in [1.165, 1.54) is 46.6 Å². The lowest BCUT2D eigenvalue weighted by Crippen LogP contribution is -2.60. The second-order valence-electron chi connectivity index (χ2n) is 8.33. The van der Waals surface area contributed by atoms with Crippen molar-refractivity contribution in [3.05, 3.63) is 34.7 Å². The van der Waals surface area contributed by atoms with Gasteiger partial charge in [0.2, 0.25) is 17.5 Å². The summed E-state index contributed by atoms with van der Waals surface area (Å²) in [6, 6.07) is 4.29. The molecule has 1 aliphatic heterocycles. The van der Waals surface area contributed by atoms with Crippen LogP contribution in [0.2, 0.25) is 0 Å². The van der Waals surface area contributed by atoms with Gasteiger partial charge in [0.25, 0.3) is 0 Å². The van der Waals surface area contributed by atoms with E-state index in [1.807, 2.05) is 0 Å². The number of benzene rings is 2. The topological polar surface area (TPSA) is 187 Å². The Morgan fingerprint density at radius 1 is 0.816 bits per heavy atom. The van der Waals surface area contributed by atoms with Crippen LogP contribution in [0.15, 0.2) is 33.7 Å². The van der Waals surface area contributed by atoms with Gasteiger partial charge in [0.05, 0.1) is 40.6 Å². The van der Waals surface area contributed by atoms with E-state index in [-0.39, 0.29) is 33.8 Å². The lowest BCUT2D eigenvalue weighted by atomic mass is 9.99. The molecule has 1 aliphatic rings. The number of hydrogen-bond donors (Lipinski definition) is 5. The Balaban J connectivity index is 1.82. The van der Waals surface area contributed by atoms with Crippen LogP contribution in [-0.4, -0.2) is 91.3 Å². The molecule has 1 fully saturated rings. The Bertz CT molecular complexity index is 1370. The van der Waals surface area contributed by atoms with E-state index >= 15 is 0 Å². The Hall–Kier alpha value is -3.75. The number of aliphatic hydroxyl groups is 4. The standard InChI is InChI=1S/C25H28O13/c1-32-12-6-14(34-3)13(33-2)5-10(12)11-9-36-15-7-16(24(35-4)21(29)18(15)19(11)27)37-25-23(31)22(30)20(28)17(8-26)38-25/h5-7,9,17,20,22-23,25-26,28-31H,8H2,1-4H3/t17-,20+,22-,23+,25+/m0/s1. The number of phenolic OH excluding ortho intramolecular Hbond substituents is 1. The molecule has 13 nitrogen and oxygen atoms in total. The summed E-state index contributed by atoms with van der Waals surface area (Å²) in [7, 11) is 5.51. The number of aromatic hydroxyl groups is 1. The number of phenols is 1. The van der Waals surface area contributed by atoms with Gasteiger partial charge in [-0.2, -0.15) is 0 Å². The van der Waals surface area contributed by atoms with Crippen molar-refractivity contribution < 1.29 is 58.4 Å². The van der Waals surface area contributed by atoms with E-state index in [0.717, 1.165) is 6.26 Å². The van der Waals surface area contributed by atoms with E-state index in [2.05, 4.69) is 0 Å². The highest BCUT2D eigenvalue weighted by molar-refractivity contribution is 5.92. The zero-order valence-electron chi connectivity index (χ0n) is 20.9. The molecular weight excluding hydrogens is 508 g/mol. The van der Waals surface area contributed by atoms with Crippen molar-refractivity contribution in [3.63, 3.8) is 0 Å². The number of hydrogen-bond acceptors (Lipinski definition) is 13. The van der Waals surface area contributed by atoms with Gasteiger partial charge in [-0.1, -0.05) is 0 Å². The quantitative estimate of drug-likeness (QED) is 0.266. The molecule has 0 radical (unpaired) electrons. The third-order valence-electron chi connectivity index (χ3n) is 6.25. The maximum absolute atomic E-state index is 13.6. The number of rotatable bonds is 8. The van der Waals surface area contributed by atoms with Crippen molar-refractivity contribution >= 4 is 11.0 Å². The molecule has 0 saturated carbocycles. The molecule has 2 aromatic carbocycles. The zero-order valence-corrected chi connectivity index (χ0v) is 20.9. The minimum atomic E-state index is -1.72. The van der Waals surface area contributed by atoms with Crippen molar-refractivity contribution in [2.45, 2.75) is 30.7 Å². The van der Waals surface area contributed by atoms with Crippen LogP contribution in [0.3, 0.4) is 0 Å². The normalized spacial score (nSPS) is 23.2. The van der Waals surface area contributed by atoms with Crippen molar-refractivity contribution in [2.75, 3.05) is 35.0 Å². The molecule has 1 aromatic heterocycles. The molecule has 0 unspecified atom stereocenters. The van der Waals surface area contributed by atoms with Crippen molar-refractivity contribution in [1.29, 1.82) is 0 Å². The van der Waals surface area contributed by atoms with Crippen LogP contribution in [-0.2, 0) is 4.74 Å². The SMILES string of the molecule is COc1cc(OC)c(-c2coc3cc(O[C@@H]4O[C@@H](CO)[C@@H](O)[C@H](O)[C@H]4O)c(OC)c(O)c3c2=O)cc1OC. The molecular formula is C25H28O13. The molecule has 3 aromatic rings. The maximum Gasteiger partial charge on any atom is 0.229 e. The summed E-state index contributed by atoms with van der Waals surface area (Å²) in [4.78, 5) is 13.6. The van der Waals surface area contributed by atoms with E-state index < -0.39 is 48.5 Å². The third kappa shape index (κ3) is 4.54. The minimum Gasteiger partial charge on any atom is -0.504 e. The monoisotopic (exact) mass is 536 g/mol. The van der Waals surface area contributed by atoms with E-state index in [9.17, 15) is 30.3 Å². The molecule has 38 heavy (non-hydrogen) atoms. The van der Waals surface area contributed by atoms with Crippen LogP contribution in [0.1, 0.15) is 0 Å². The fraction of sp³-hybridized carbons (Fsp3) is 0.400. The number of ether oxygens (including phenoxy) is 6. The van der Waals surface area contributed by atoms with Gasteiger partial charge in [-0.25, -0.2) is 0 Å². The number of methoxy groups -OCH3 is 4. The first-order chi connectivity index (χ1) is 18.2. The largest absolute Gasteiger partial charge is 0.504 e. The van der Waals surface area contributed by atoms with Crippen LogP contribution in [0.25, 0.3) is 22.1 Å². The van der Waals surface area contributed by atoms with Crippen molar-refractivity contribution in [1.82, 2.24) is 0 Å². The number of fused-ring (bicyclic) bond motifs is 1. The van der Waals surface area contributed by atoms with Gasteiger partial charge in [0, 0.05) is 17.7 Å². The smallest absolute Gasteiger partial charge is 0.229 e. The van der Waals surface area contributed by atoms with Gasteiger partial charge in [-0.05, 0) is 6.07 Å². The highest BCUT2D eigenvalue weighted by atomic mass is 16.7. The molecule has 5 N–H and O–H groups in total. The molecule has 2 heterocycles.